The lowest BCUT2D eigenvalue weighted by Crippen LogP contribution is -2.34. The highest BCUT2D eigenvalue weighted by Gasteiger charge is 2.31. The summed E-state index contributed by atoms with van der Waals surface area (Å²) in [6, 6.07) is 10.6. The summed E-state index contributed by atoms with van der Waals surface area (Å²) in [6.45, 7) is -0.352. The van der Waals surface area contributed by atoms with E-state index in [1.807, 2.05) is 0 Å². The fraction of sp³-hybridized carbons (Fsp3) is 0.105. The number of hydrogen-bond acceptors (Lipinski definition) is 8. The number of β-amino-alcohol motifs (C(OH)–C–C–N with tert-alkyl or cyclic N) is 1. The SMILES string of the molecule is O=C1C=C(Nc2ccccc2-c2nnc(-c3ccncc3)o2)C(=O)N1CCO. The molecule has 0 atom stereocenters. The number of hydrogen-bond donors (Lipinski definition) is 2. The third kappa shape index (κ3) is 3.26. The number of pyridine rings is 1. The van der Waals surface area contributed by atoms with Crippen molar-refractivity contribution in [2.45, 2.75) is 0 Å². The number of nitrogens with one attached hydrogen (secondary N) is 1. The number of para-hydroxylation sites is 1. The molecule has 28 heavy (non-hydrogen) atoms. The molecule has 1 aromatic carbocycles. The molecule has 0 fully saturated rings. The quantitative estimate of drug-likeness (QED) is 0.619. The molecule has 9 nitrogen and oxygen atoms in total. The van der Waals surface area contributed by atoms with Crippen molar-refractivity contribution in [3.63, 3.8) is 0 Å². The molecule has 0 spiro atoms. The van der Waals surface area contributed by atoms with Gasteiger partial charge >= 0.3 is 0 Å². The number of rotatable bonds is 6. The van der Waals surface area contributed by atoms with Crippen LogP contribution in [0.15, 0.2) is 65.0 Å². The van der Waals surface area contributed by atoms with Crippen LogP contribution in [-0.2, 0) is 9.59 Å². The van der Waals surface area contributed by atoms with Crippen LogP contribution < -0.4 is 5.32 Å². The summed E-state index contributed by atoms with van der Waals surface area (Å²) in [5.41, 5.74) is 1.96. The topological polar surface area (TPSA) is 121 Å². The Balaban J connectivity index is 1.62. The largest absolute Gasteiger partial charge is 0.416 e. The minimum atomic E-state index is -0.503. The molecule has 0 saturated carbocycles. The summed E-state index contributed by atoms with van der Waals surface area (Å²) in [5, 5.41) is 20.1. The van der Waals surface area contributed by atoms with Crippen molar-refractivity contribution < 1.29 is 19.1 Å². The fourth-order valence-electron chi connectivity index (χ4n) is 2.78. The van der Waals surface area contributed by atoms with E-state index in [9.17, 15) is 9.59 Å². The minimum Gasteiger partial charge on any atom is -0.416 e. The van der Waals surface area contributed by atoms with Crippen LogP contribution in [-0.4, -0.2) is 50.2 Å². The standard InChI is InChI=1S/C19H15N5O4/c25-10-9-24-16(26)11-15(19(24)27)21-14-4-2-1-3-13(14)18-23-22-17(28-18)12-5-7-20-8-6-12/h1-8,11,21,25H,9-10H2. The number of anilines is 1. The van der Waals surface area contributed by atoms with Crippen LogP contribution in [0.2, 0.25) is 0 Å². The van der Waals surface area contributed by atoms with Crippen LogP contribution in [0.25, 0.3) is 22.9 Å². The molecule has 0 saturated heterocycles. The van der Waals surface area contributed by atoms with Crippen molar-refractivity contribution in [1.82, 2.24) is 20.1 Å². The highest BCUT2D eigenvalue weighted by atomic mass is 16.4. The summed E-state index contributed by atoms with van der Waals surface area (Å²) >= 11 is 0. The molecule has 9 heteroatoms. The molecule has 0 unspecified atom stereocenters. The van der Waals surface area contributed by atoms with Crippen LogP contribution in [0.4, 0.5) is 5.69 Å². The molecule has 0 radical (unpaired) electrons. The number of imide groups is 1. The molecule has 0 bridgehead atoms. The lowest BCUT2D eigenvalue weighted by Gasteiger charge is -2.14. The number of amides is 2. The van der Waals surface area contributed by atoms with Crippen LogP contribution in [0, 0.1) is 0 Å². The molecule has 3 heterocycles. The van der Waals surface area contributed by atoms with Gasteiger partial charge in [-0.3, -0.25) is 19.5 Å². The Bertz CT molecular complexity index is 1060. The molecule has 1 aliphatic heterocycles. The maximum Gasteiger partial charge on any atom is 0.277 e. The van der Waals surface area contributed by atoms with E-state index < -0.39 is 11.8 Å². The number of carbonyl (C=O) groups is 2. The Labute approximate surface area is 159 Å². The predicted molar refractivity (Wildman–Crippen MR) is 98.5 cm³/mol. The molecule has 1 aliphatic rings. The molecule has 2 N–H and O–H groups in total. The van der Waals surface area contributed by atoms with Crippen LogP contribution in [0.5, 0.6) is 0 Å². The van der Waals surface area contributed by atoms with Crippen molar-refractivity contribution in [2.24, 2.45) is 0 Å². The van der Waals surface area contributed by atoms with Crippen LogP contribution in [0.1, 0.15) is 0 Å². The molecular formula is C19H15N5O4. The first-order valence-electron chi connectivity index (χ1n) is 8.46. The molecule has 3 aromatic rings. The van der Waals surface area contributed by atoms with Gasteiger partial charge in [-0.15, -0.1) is 10.2 Å². The monoisotopic (exact) mass is 377 g/mol. The average molecular weight is 377 g/mol. The van der Waals surface area contributed by atoms with Gasteiger partial charge in [0.2, 0.25) is 11.8 Å². The Morgan fingerprint density at radius 3 is 2.57 bits per heavy atom. The lowest BCUT2D eigenvalue weighted by atomic mass is 10.1. The summed E-state index contributed by atoms with van der Waals surface area (Å²) in [5.74, 6) is -0.374. The van der Waals surface area contributed by atoms with Crippen molar-refractivity contribution in [3.8, 4) is 22.9 Å². The zero-order valence-electron chi connectivity index (χ0n) is 14.6. The number of nitrogens with zero attached hydrogens (tertiary/aromatic N) is 4. The van der Waals surface area contributed by atoms with Crippen molar-refractivity contribution in [2.75, 3.05) is 18.5 Å². The van der Waals surface area contributed by atoms with E-state index in [-0.39, 0.29) is 24.7 Å². The van der Waals surface area contributed by atoms with E-state index in [1.54, 1.807) is 48.8 Å². The minimum absolute atomic E-state index is 0.0556. The number of benzene rings is 1. The second-order valence-electron chi connectivity index (χ2n) is 5.90. The normalized spacial score (nSPS) is 13.8. The van der Waals surface area contributed by atoms with Gasteiger partial charge in [-0.25, -0.2) is 0 Å². The summed E-state index contributed by atoms with van der Waals surface area (Å²) in [4.78, 5) is 29.2. The van der Waals surface area contributed by atoms with E-state index in [0.717, 1.165) is 10.5 Å². The average Bonchev–Trinajstić information content (AvgIpc) is 3.31. The zero-order chi connectivity index (χ0) is 19.5. The molecule has 0 aliphatic carbocycles. The summed E-state index contributed by atoms with van der Waals surface area (Å²) in [7, 11) is 0. The smallest absolute Gasteiger partial charge is 0.277 e. The first-order valence-corrected chi connectivity index (χ1v) is 8.46. The Morgan fingerprint density at radius 2 is 1.79 bits per heavy atom. The second kappa shape index (κ2) is 7.41. The van der Waals surface area contributed by atoms with Gasteiger partial charge in [0, 0.05) is 24.0 Å². The van der Waals surface area contributed by atoms with Crippen molar-refractivity contribution in [1.29, 1.82) is 0 Å². The van der Waals surface area contributed by atoms with E-state index in [2.05, 4.69) is 20.5 Å². The molecule has 2 amide bonds. The van der Waals surface area contributed by atoms with Gasteiger partial charge in [0.05, 0.1) is 24.4 Å². The summed E-state index contributed by atoms with van der Waals surface area (Å²) < 4.78 is 5.76. The first-order chi connectivity index (χ1) is 13.7. The Hall–Kier alpha value is -3.85. The Kier molecular flexibility index (Phi) is 4.65. The Morgan fingerprint density at radius 1 is 1.04 bits per heavy atom. The van der Waals surface area contributed by atoms with E-state index in [0.29, 0.717) is 17.1 Å². The number of aliphatic hydroxyl groups is 1. The molecule has 2 aromatic heterocycles. The maximum atomic E-state index is 12.4. The second-order valence-corrected chi connectivity index (χ2v) is 5.90. The van der Waals surface area contributed by atoms with Crippen LogP contribution in [0.3, 0.4) is 0 Å². The van der Waals surface area contributed by atoms with Gasteiger partial charge in [-0.05, 0) is 24.3 Å². The third-order valence-corrected chi connectivity index (χ3v) is 4.11. The van der Waals surface area contributed by atoms with E-state index in [4.69, 9.17) is 9.52 Å². The zero-order valence-corrected chi connectivity index (χ0v) is 14.6. The highest BCUT2D eigenvalue weighted by Crippen LogP contribution is 2.30. The highest BCUT2D eigenvalue weighted by molar-refractivity contribution is 6.17. The predicted octanol–water partition coefficient (Wildman–Crippen LogP) is 1.46. The summed E-state index contributed by atoms with van der Waals surface area (Å²) in [6.07, 6.45) is 4.45. The number of carbonyl (C=O) groups excluding carboxylic acids is 2. The first kappa shape index (κ1) is 17.6. The molecular weight excluding hydrogens is 362 g/mol. The third-order valence-electron chi connectivity index (χ3n) is 4.11. The fourth-order valence-corrected chi connectivity index (χ4v) is 2.78. The number of aliphatic hydroxyl groups excluding tert-OH is 1. The lowest BCUT2D eigenvalue weighted by molar-refractivity contribution is -0.137. The van der Waals surface area contributed by atoms with Crippen molar-refractivity contribution >= 4 is 17.5 Å². The van der Waals surface area contributed by atoms with Gasteiger partial charge in [0.25, 0.3) is 11.8 Å². The van der Waals surface area contributed by atoms with Gasteiger partial charge in [-0.2, -0.15) is 0 Å². The van der Waals surface area contributed by atoms with E-state index in [1.165, 1.54) is 6.08 Å². The van der Waals surface area contributed by atoms with Gasteiger partial charge in [-0.1, -0.05) is 12.1 Å². The van der Waals surface area contributed by atoms with E-state index >= 15 is 0 Å². The van der Waals surface area contributed by atoms with Crippen LogP contribution >= 0.6 is 0 Å². The van der Waals surface area contributed by atoms with Gasteiger partial charge < -0.3 is 14.8 Å². The molecule has 4 rings (SSSR count). The van der Waals surface area contributed by atoms with Gasteiger partial charge in [0.1, 0.15) is 5.70 Å². The van der Waals surface area contributed by atoms with Gasteiger partial charge in [0.15, 0.2) is 0 Å². The maximum absolute atomic E-state index is 12.4. The molecule has 140 valence electrons. The van der Waals surface area contributed by atoms with Crippen molar-refractivity contribution in [3.05, 3.63) is 60.6 Å². The number of aromatic nitrogens is 3.